The fourth-order valence-corrected chi connectivity index (χ4v) is 2.10. The summed E-state index contributed by atoms with van der Waals surface area (Å²) in [5.41, 5.74) is 0.915. The van der Waals surface area contributed by atoms with Gasteiger partial charge in [0.2, 0.25) is 0 Å². The van der Waals surface area contributed by atoms with Crippen LogP contribution in [0.15, 0.2) is 23.5 Å². The molecule has 1 aromatic rings. The molecule has 1 aliphatic heterocycles. The molecule has 0 amide bonds. The summed E-state index contributed by atoms with van der Waals surface area (Å²) in [4.78, 5) is 19.4. The van der Waals surface area contributed by atoms with Crippen molar-refractivity contribution >= 4 is 11.7 Å². The average Bonchev–Trinajstić information content (AvgIpc) is 2.46. The maximum Gasteiger partial charge on any atom is 0.335 e. The van der Waals surface area contributed by atoms with E-state index in [1.165, 1.54) is 18.3 Å². The number of carboxylic acid groups (broad SMARTS) is 1. The van der Waals surface area contributed by atoms with E-state index in [1.54, 1.807) is 0 Å². The number of aromatic carboxylic acids is 1. The Bertz CT molecular complexity index is 510. The van der Waals surface area contributed by atoms with Gasteiger partial charge in [0.1, 0.15) is 5.71 Å². The number of carbonyl (C=O) groups is 1. The van der Waals surface area contributed by atoms with Crippen molar-refractivity contribution in [3.8, 4) is 0 Å². The van der Waals surface area contributed by atoms with E-state index in [0.29, 0.717) is 18.0 Å². The lowest BCUT2D eigenvalue weighted by molar-refractivity contribution is 0.0696. The number of rotatable bonds is 4. The second-order valence-electron chi connectivity index (χ2n) is 4.86. The fourth-order valence-electron chi connectivity index (χ4n) is 2.10. The quantitative estimate of drug-likeness (QED) is 0.465. The monoisotopic (exact) mass is 278 g/mol. The molecule has 2 heterocycles. The summed E-state index contributed by atoms with van der Waals surface area (Å²) in [5, 5.41) is 21.4. The number of hydrogen-bond donors (Lipinski definition) is 2. The molecule has 0 aliphatic carbocycles. The molecule has 0 aromatic carbocycles. The molecule has 0 unspecified atom stereocenters. The lowest BCUT2D eigenvalue weighted by Crippen LogP contribution is -2.46. The molecule has 0 spiro atoms. The highest BCUT2D eigenvalue weighted by atomic mass is 16.4. The molecular formula is C13H18N4O3. The number of pyridine rings is 1. The van der Waals surface area contributed by atoms with Gasteiger partial charge in [-0.15, -0.1) is 0 Å². The molecular weight excluding hydrogens is 260 g/mol. The van der Waals surface area contributed by atoms with Crippen molar-refractivity contribution in [1.29, 1.82) is 0 Å². The van der Waals surface area contributed by atoms with E-state index in [4.69, 9.17) is 10.3 Å². The van der Waals surface area contributed by atoms with Crippen molar-refractivity contribution in [1.82, 2.24) is 14.8 Å². The number of likely N-dealkylation sites (N-methyl/N-ethyl adjacent to an activating group) is 1. The molecule has 20 heavy (non-hydrogen) atoms. The van der Waals surface area contributed by atoms with E-state index in [9.17, 15) is 4.79 Å². The Morgan fingerprint density at radius 2 is 2.10 bits per heavy atom. The molecule has 0 saturated carbocycles. The highest BCUT2D eigenvalue weighted by Gasteiger charge is 2.18. The zero-order valence-electron chi connectivity index (χ0n) is 11.4. The van der Waals surface area contributed by atoms with Gasteiger partial charge in [-0.3, -0.25) is 9.88 Å². The van der Waals surface area contributed by atoms with E-state index in [2.05, 4.69) is 27.0 Å². The number of oxime groups is 1. The van der Waals surface area contributed by atoms with E-state index >= 15 is 0 Å². The Morgan fingerprint density at radius 3 is 2.70 bits per heavy atom. The first kappa shape index (κ1) is 14.4. The summed E-state index contributed by atoms with van der Waals surface area (Å²) in [6.45, 7) is 4.14. The summed E-state index contributed by atoms with van der Waals surface area (Å²) >= 11 is 0. The topological polar surface area (TPSA) is 89.3 Å². The highest BCUT2D eigenvalue weighted by molar-refractivity contribution is 6.01. The molecule has 2 rings (SSSR count). The van der Waals surface area contributed by atoms with Crippen LogP contribution in [0.3, 0.4) is 0 Å². The molecule has 108 valence electrons. The van der Waals surface area contributed by atoms with Crippen LogP contribution >= 0.6 is 0 Å². The average molecular weight is 278 g/mol. The van der Waals surface area contributed by atoms with Gasteiger partial charge in [-0.25, -0.2) is 4.79 Å². The fraction of sp³-hybridized carbons (Fsp3) is 0.462. The van der Waals surface area contributed by atoms with Crippen molar-refractivity contribution in [2.24, 2.45) is 5.16 Å². The van der Waals surface area contributed by atoms with E-state index in [-0.39, 0.29) is 5.56 Å². The molecule has 2 N–H and O–H groups in total. The number of hydrogen-bond acceptors (Lipinski definition) is 6. The Labute approximate surface area is 117 Å². The predicted octanol–water partition coefficient (Wildman–Crippen LogP) is 0.206. The third-order valence-electron chi connectivity index (χ3n) is 3.39. The number of nitrogens with zero attached hydrogens (tertiary/aromatic N) is 4. The van der Waals surface area contributed by atoms with Crippen LogP contribution in [-0.4, -0.2) is 76.6 Å². The molecule has 0 radical (unpaired) electrons. The van der Waals surface area contributed by atoms with Crippen LogP contribution in [0.2, 0.25) is 0 Å². The Kier molecular flexibility index (Phi) is 4.65. The largest absolute Gasteiger partial charge is 0.478 e. The van der Waals surface area contributed by atoms with Crippen LogP contribution in [0, 0.1) is 0 Å². The molecule has 1 aliphatic rings. The summed E-state index contributed by atoms with van der Waals surface area (Å²) in [5.74, 6) is -1.02. The van der Waals surface area contributed by atoms with Crippen molar-refractivity contribution in [2.45, 2.75) is 0 Å². The number of piperazine rings is 1. The van der Waals surface area contributed by atoms with Crippen LogP contribution < -0.4 is 0 Å². The molecule has 0 bridgehead atoms. The maximum atomic E-state index is 10.9. The lowest BCUT2D eigenvalue weighted by Gasteiger charge is -2.32. The molecule has 7 nitrogen and oxygen atoms in total. The normalized spacial score (nSPS) is 18.1. The minimum absolute atomic E-state index is 0.134. The van der Waals surface area contributed by atoms with Crippen LogP contribution in [0.5, 0.6) is 0 Å². The smallest absolute Gasteiger partial charge is 0.335 e. The van der Waals surface area contributed by atoms with Crippen molar-refractivity contribution in [2.75, 3.05) is 39.8 Å². The van der Waals surface area contributed by atoms with Gasteiger partial charge >= 0.3 is 5.97 Å². The van der Waals surface area contributed by atoms with Crippen LogP contribution in [0.25, 0.3) is 0 Å². The third kappa shape index (κ3) is 3.52. The SMILES string of the molecule is CN1CCN(C/C(=N\O)c2cc(C(=O)O)ccn2)CC1. The lowest BCUT2D eigenvalue weighted by atomic mass is 10.1. The second-order valence-corrected chi connectivity index (χ2v) is 4.86. The third-order valence-corrected chi connectivity index (χ3v) is 3.39. The van der Waals surface area contributed by atoms with Crippen LogP contribution in [0.1, 0.15) is 16.1 Å². The predicted molar refractivity (Wildman–Crippen MR) is 73.5 cm³/mol. The van der Waals surface area contributed by atoms with Gasteiger partial charge in [0.15, 0.2) is 0 Å². The molecule has 7 heteroatoms. The summed E-state index contributed by atoms with van der Waals surface area (Å²) < 4.78 is 0. The van der Waals surface area contributed by atoms with Crippen LogP contribution in [-0.2, 0) is 0 Å². The maximum absolute atomic E-state index is 10.9. The number of aromatic nitrogens is 1. The minimum atomic E-state index is -1.02. The van der Waals surface area contributed by atoms with Crippen molar-refractivity contribution in [3.05, 3.63) is 29.6 Å². The minimum Gasteiger partial charge on any atom is -0.478 e. The summed E-state index contributed by atoms with van der Waals surface area (Å²) in [6.07, 6.45) is 1.41. The summed E-state index contributed by atoms with van der Waals surface area (Å²) in [6, 6.07) is 2.84. The van der Waals surface area contributed by atoms with Gasteiger partial charge in [0.25, 0.3) is 0 Å². The van der Waals surface area contributed by atoms with Crippen molar-refractivity contribution in [3.63, 3.8) is 0 Å². The van der Waals surface area contributed by atoms with E-state index in [1.807, 2.05) is 0 Å². The number of carboxylic acids is 1. The highest BCUT2D eigenvalue weighted by Crippen LogP contribution is 2.07. The standard InChI is InChI=1S/C13H18N4O3/c1-16-4-6-17(7-5-16)9-12(15-20)11-8-10(13(18)19)2-3-14-11/h2-3,8,20H,4-7,9H2,1H3,(H,18,19)/b15-12+. The molecule has 1 aromatic heterocycles. The van der Waals surface area contributed by atoms with Gasteiger partial charge < -0.3 is 15.2 Å². The second kappa shape index (κ2) is 6.44. The Balaban J connectivity index is 2.09. The Morgan fingerprint density at radius 1 is 1.40 bits per heavy atom. The Hall–Kier alpha value is -1.99. The van der Waals surface area contributed by atoms with Gasteiger partial charge in [-0.05, 0) is 19.2 Å². The van der Waals surface area contributed by atoms with Crippen molar-refractivity contribution < 1.29 is 15.1 Å². The van der Waals surface area contributed by atoms with Crippen LogP contribution in [0.4, 0.5) is 0 Å². The van der Waals surface area contributed by atoms with Gasteiger partial charge in [-0.2, -0.15) is 0 Å². The summed E-state index contributed by atoms with van der Waals surface area (Å²) in [7, 11) is 2.07. The molecule has 1 fully saturated rings. The first-order chi connectivity index (χ1) is 9.60. The molecule has 0 atom stereocenters. The van der Waals surface area contributed by atoms with Gasteiger partial charge in [0.05, 0.1) is 11.3 Å². The zero-order chi connectivity index (χ0) is 14.5. The van der Waals surface area contributed by atoms with Gasteiger partial charge in [-0.1, -0.05) is 5.16 Å². The molecule has 1 saturated heterocycles. The van der Waals surface area contributed by atoms with E-state index in [0.717, 1.165) is 26.2 Å². The first-order valence-corrected chi connectivity index (χ1v) is 6.41. The van der Waals surface area contributed by atoms with E-state index < -0.39 is 5.97 Å². The zero-order valence-corrected chi connectivity index (χ0v) is 11.4. The van der Waals surface area contributed by atoms with Gasteiger partial charge in [0, 0.05) is 38.9 Å². The first-order valence-electron chi connectivity index (χ1n) is 6.41.